The summed E-state index contributed by atoms with van der Waals surface area (Å²) < 4.78 is 0. The molecule has 1 aliphatic rings. The van der Waals surface area contributed by atoms with Gasteiger partial charge in [0.25, 0.3) is 0 Å². The van der Waals surface area contributed by atoms with E-state index in [9.17, 15) is 24.6 Å². The second-order valence-electron chi connectivity index (χ2n) is 10.5. The van der Waals surface area contributed by atoms with Crippen molar-refractivity contribution in [1.29, 1.82) is 0 Å². The molecule has 0 saturated carbocycles. The first-order chi connectivity index (χ1) is 20.0. The van der Waals surface area contributed by atoms with E-state index in [0.717, 1.165) is 11.8 Å². The normalized spacial score (nSPS) is 20.5. The van der Waals surface area contributed by atoms with E-state index in [2.05, 4.69) is 20.6 Å². The van der Waals surface area contributed by atoms with Gasteiger partial charge < -0.3 is 48.6 Å². The Morgan fingerprint density at radius 2 is 1.55 bits per heavy atom. The Hall–Kier alpha value is -3.79. The van der Waals surface area contributed by atoms with Crippen LogP contribution in [-0.2, 0) is 20.8 Å². The Labute approximate surface area is 246 Å². The summed E-state index contributed by atoms with van der Waals surface area (Å²) in [5, 5.41) is 29.0. The van der Waals surface area contributed by atoms with E-state index < -0.39 is 42.3 Å². The van der Waals surface area contributed by atoms with Crippen LogP contribution < -0.4 is 33.6 Å². The number of nitrogens with zero attached hydrogens (tertiary/aromatic N) is 4. The lowest BCUT2D eigenvalue weighted by molar-refractivity contribution is -0.133. The standard InChI is InChI=1S/C27H46N10O5/c1-17(2)22(24(41)34-19(15-38)10-6-12-32-25(28)29)35-23(40)21(11-7-13-33-26(30)31)37-27(42)36(37)20(16-39)14-18-8-4-3-5-9-18/h3-5,8-9,16-17,19-22,27,38,42H,6-7,10-15H2,1-2H3,(H,34,41)(H,35,40)(H4,28,29,32)(H4,30,31,33)/t19-,20-,21-,22-,27-,36?,37?/m0/s1. The Balaban J connectivity index is 2.15. The number of rotatable bonds is 19. The van der Waals surface area contributed by atoms with Crippen LogP contribution in [0.2, 0.25) is 0 Å². The first-order valence-corrected chi connectivity index (χ1v) is 14.1. The molecule has 1 heterocycles. The number of aliphatic imine (C=N–C) groups is 2. The first kappa shape index (κ1) is 34.4. The van der Waals surface area contributed by atoms with Crippen LogP contribution in [-0.4, -0.2) is 100 Å². The molecule has 0 aliphatic carbocycles. The number of aliphatic hydroxyl groups is 2. The monoisotopic (exact) mass is 590 g/mol. The molecule has 0 bridgehead atoms. The maximum Gasteiger partial charge on any atom is 0.243 e. The maximum atomic E-state index is 13.6. The van der Waals surface area contributed by atoms with E-state index in [-0.39, 0.29) is 37.4 Å². The van der Waals surface area contributed by atoms with Crippen LogP contribution in [0.5, 0.6) is 0 Å². The third-order valence-electron chi connectivity index (χ3n) is 6.84. The Bertz CT molecular complexity index is 1060. The lowest BCUT2D eigenvalue weighted by Gasteiger charge is -2.27. The molecular weight excluding hydrogens is 544 g/mol. The minimum absolute atomic E-state index is 0.0374. The number of amides is 2. The Morgan fingerprint density at radius 1 is 0.952 bits per heavy atom. The number of carbonyl (C=O) groups is 3. The summed E-state index contributed by atoms with van der Waals surface area (Å²) in [6.07, 6.45) is 1.50. The third kappa shape index (κ3) is 10.9. The van der Waals surface area contributed by atoms with Crippen molar-refractivity contribution in [2.45, 2.75) is 76.5 Å². The molecule has 42 heavy (non-hydrogen) atoms. The van der Waals surface area contributed by atoms with Gasteiger partial charge in [0.2, 0.25) is 11.8 Å². The SMILES string of the molecule is CC(C)[C@H](NC(=O)[C@H](CCCN=C(N)N)N1[C@@H](O)N1[C@H](C=O)Cc1ccccc1)C(=O)N[C@H](CO)CCCN=C(N)N. The van der Waals surface area contributed by atoms with Gasteiger partial charge in [-0.25, -0.2) is 0 Å². The molecule has 1 saturated heterocycles. The lowest BCUT2D eigenvalue weighted by atomic mass is 10.0. The minimum atomic E-state index is -1.17. The molecule has 234 valence electrons. The molecule has 1 aromatic rings. The quantitative estimate of drug-likeness (QED) is 0.0279. The number of aldehydes is 1. The van der Waals surface area contributed by atoms with Crippen molar-refractivity contribution < 1.29 is 24.6 Å². The highest BCUT2D eigenvalue weighted by Gasteiger charge is 2.54. The molecule has 2 amide bonds. The average Bonchev–Trinajstić information content (AvgIpc) is 3.60. The summed E-state index contributed by atoms with van der Waals surface area (Å²) >= 11 is 0. The average molecular weight is 591 g/mol. The molecule has 15 nitrogen and oxygen atoms in total. The molecule has 0 radical (unpaired) electrons. The van der Waals surface area contributed by atoms with E-state index >= 15 is 0 Å². The summed E-state index contributed by atoms with van der Waals surface area (Å²) in [6, 6.07) is 6.23. The summed E-state index contributed by atoms with van der Waals surface area (Å²) in [7, 11) is 0. The topological polar surface area (TPSA) is 251 Å². The summed E-state index contributed by atoms with van der Waals surface area (Å²) in [5.74, 6) is -1.39. The number of aliphatic hydroxyl groups excluding tert-OH is 2. The van der Waals surface area contributed by atoms with E-state index in [1.54, 1.807) is 13.8 Å². The number of hydrogen-bond acceptors (Lipinski definition) is 9. The van der Waals surface area contributed by atoms with Crippen molar-refractivity contribution in [2.75, 3.05) is 19.7 Å². The Kier molecular flexibility index (Phi) is 14.1. The van der Waals surface area contributed by atoms with Gasteiger partial charge in [0, 0.05) is 13.1 Å². The number of benzene rings is 1. The van der Waals surface area contributed by atoms with Crippen molar-refractivity contribution in [1.82, 2.24) is 20.7 Å². The number of guanidine groups is 2. The van der Waals surface area contributed by atoms with Gasteiger partial charge in [-0.15, -0.1) is 0 Å². The van der Waals surface area contributed by atoms with Crippen molar-refractivity contribution >= 4 is 30.0 Å². The predicted octanol–water partition coefficient (Wildman–Crippen LogP) is -2.30. The lowest BCUT2D eigenvalue weighted by Crippen LogP contribution is -2.55. The van der Waals surface area contributed by atoms with Crippen LogP contribution in [0.15, 0.2) is 40.3 Å². The van der Waals surface area contributed by atoms with E-state index in [1.165, 1.54) is 10.0 Å². The van der Waals surface area contributed by atoms with Crippen molar-refractivity contribution in [2.24, 2.45) is 38.8 Å². The smallest absolute Gasteiger partial charge is 0.243 e. The third-order valence-corrected chi connectivity index (χ3v) is 6.84. The maximum absolute atomic E-state index is 13.6. The predicted molar refractivity (Wildman–Crippen MR) is 159 cm³/mol. The molecule has 7 atom stereocenters. The van der Waals surface area contributed by atoms with Crippen LogP contribution in [0, 0.1) is 5.92 Å². The highest BCUT2D eigenvalue weighted by molar-refractivity contribution is 5.90. The second-order valence-corrected chi connectivity index (χ2v) is 10.5. The Morgan fingerprint density at radius 3 is 2.07 bits per heavy atom. The fraction of sp³-hybridized carbons (Fsp3) is 0.593. The van der Waals surface area contributed by atoms with Crippen LogP contribution in [0.3, 0.4) is 0 Å². The largest absolute Gasteiger partial charge is 0.394 e. The molecular formula is C27H46N10O5. The fourth-order valence-corrected chi connectivity index (χ4v) is 4.62. The minimum Gasteiger partial charge on any atom is -0.394 e. The van der Waals surface area contributed by atoms with Gasteiger partial charge in [-0.05, 0) is 43.6 Å². The molecule has 0 aromatic heterocycles. The zero-order valence-corrected chi connectivity index (χ0v) is 24.3. The highest BCUT2D eigenvalue weighted by Crippen LogP contribution is 2.33. The van der Waals surface area contributed by atoms with Gasteiger partial charge >= 0.3 is 0 Å². The first-order valence-electron chi connectivity index (χ1n) is 14.1. The van der Waals surface area contributed by atoms with Crippen LogP contribution in [0.1, 0.15) is 45.1 Å². The highest BCUT2D eigenvalue weighted by atomic mass is 16.4. The number of carbonyl (C=O) groups excluding carboxylic acids is 3. The van der Waals surface area contributed by atoms with Gasteiger partial charge in [0.1, 0.15) is 18.4 Å². The van der Waals surface area contributed by atoms with Gasteiger partial charge in [-0.1, -0.05) is 44.2 Å². The molecule has 1 aliphatic heterocycles. The van der Waals surface area contributed by atoms with E-state index in [1.807, 2.05) is 30.3 Å². The second kappa shape index (κ2) is 17.2. The molecule has 12 N–H and O–H groups in total. The zero-order chi connectivity index (χ0) is 31.2. The number of nitrogens with two attached hydrogens (primary N) is 4. The molecule has 15 heteroatoms. The molecule has 1 fully saturated rings. The van der Waals surface area contributed by atoms with Crippen molar-refractivity contribution in [3.63, 3.8) is 0 Å². The molecule has 2 unspecified atom stereocenters. The van der Waals surface area contributed by atoms with Gasteiger partial charge in [-0.2, -0.15) is 10.0 Å². The van der Waals surface area contributed by atoms with Crippen LogP contribution in [0.4, 0.5) is 0 Å². The number of nitrogens with one attached hydrogen (secondary N) is 2. The summed E-state index contributed by atoms with van der Waals surface area (Å²) in [6.45, 7) is 3.87. The summed E-state index contributed by atoms with van der Waals surface area (Å²) in [4.78, 5) is 46.7. The number of hydrazine groups is 1. The fourth-order valence-electron chi connectivity index (χ4n) is 4.62. The zero-order valence-electron chi connectivity index (χ0n) is 24.3. The van der Waals surface area contributed by atoms with Gasteiger partial charge in [0.15, 0.2) is 18.3 Å². The molecule has 1 aromatic carbocycles. The molecule has 2 rings (SSSR count). The van der Waals surface area contributed by atoms with E-state index in [4.69, 9.17) is 22.9 Å². The molecule has 0 spiro atoms. The van der Waals surface area contributed by atoms with Crippen LogP contribution in [0.25, 0.3) is 0 Å². The van der Waals surface area contributed by atoms with E-state index in [0.29, 0.717) is 32.2 Å². The number of hydrogen-bond donors (Lipinski definition) is 8. The van der Waals surface area contributed by atoms with Crippen molar-refractivity contribution in [3.8, 4) is 0 Å². The van der Waals surface area contributed by atoms with Gasteiger partial charge in [0.05, 0.1) is 18.7 Å². The van der Waals surface area contributed by atoms with Crippen molar-refractivity contribution in [3.05, 3.63) is 35.9 Å². The van der Waals surface area contributed by atoms with Crippen LogP contribution >= 0.6 is 0 Å². The summed E-state index contributed by atoms with van der Waals surface area (Å²) in [5.41, 5.74) is 22.4. The van der Waals surface area contributed by atoms with Gasteiger partial charge in [-0.3, -0.25) is 19.6 Å².